The lowest BCUT2D eigenvalue weighted by atomic mass is 9.85. The van der Waals surface area contributed by atoms with Gasteiger partial charge in [-0.25, -0.2) is 4.39 Å². The van der Waals surface area contributed by atoms with Crippen LogP contribution in [0, 0.1) is 5.82 Å². The first-order valence-corrected chi connectivity index (χ1v) is 7.33. The van der Waals surface area contributed by atoms with Crippen molar-refractivity contribution < 1.29 is 4.39 Å². The predicted octanol–water partition coefficient (Wildman–Crippen LogP) is 3.51. The molecule has 1 aromatic rings. The molecule has 2 nitrogen and oxygen atoms in total. The molecular formula is C16H27FN2. The van der Waals surface area contributed by atoms with Crippen molar-refractivity contribution >= 4 is 0 Å². The fourth-order valence-corrected chi connectivity index (χ4v) is 2.43. The highest BCUT2D eigenvalue weighted by atomic mass is 19.1. The van der Waals surface area contributed by atoms with Gasteiger partial charge in [0.25, 0.3) is 0 Å². The van der Waals surface area contributed by atoms with Crippen LogP contribution < -0.4 is 5.73 Å². The van der Waals surface area contributed by atoms with Crippen LogP contribution in [0.15, 0.2) is 24.3 Å². The molecule has 1 aromatic carbocycles. The lowest BCUT2D eigenvalue weighted by Crippen LogP contribution is -2.47. The standard InChI is InChI=1S/C16H27FN2/c1-4-7-12-16(18,13-19(5-2)6-3)14-8-10-15(17)11-9-14/h8-11H,4-7,12-13,18H2,1-3H3. The van der Waals surface area contributed by atoms with Crippen LogP contribution >= 0.6 is 0 Å². The predicted molar refractivity (Wildman–Crippen MR) is 79.6 cm³/mol. The molecule has 108 valence electrons. The summed E-state index contributed by atoms with van der Waals surface area (Å²) >= 11 is 0. The zero-order chi connectivity index (χ0) is 14.3. The first-order chi connectivity index (χ1) is 9.05. The van der Waals surface area contributed by atoms with Crippen LogP contribution in [0.1, 0.15) is 45.6 Å². The highest BCUT2D eigenvalue weighted by Crippen LogP contribution is 2.26. The van der Waals surface area contributed by atoms with Crippen LogP contribution in [0.2, 0.25) is 0 Å². The first kappa shape index (κ1) is 16.1. The number of likely N-dealkylation sites (N-methyl/N-ethyl adjacent to an activating group) is 1. The number of nitrogens with zero attached hydrogens (tertiary/aromatic N) is 1. The summed E-state index contributed by atoms with van der Waals surface area (Å²) in [6.07, 6.45) is 3.15. The molecular weight excluding hydrogens is 239 g/mol. The Morgan fingerprint density at radius 1 is 1.11 bits per heavy atom. The second kappa shape index (κ2) is 7.61. The van der Waals surface area contributed by atoms with Gasteiger partial charge in [0.05, 0.1) is 5.54 Å². The Morgan fingerprint density at radius 2 is 1.68 bits per heavy atom. The minimum Gasteiger partial charge on any atom is -0.320 e. The minimum atomic E-state index is -0.379. The maximum atomic E-state index is 13.1. The average Bonchev–Trinajstić information content (AvgIpc) is 2.43. The van der Waals surface area contributed by atoms with E-state index >= 15 is 0 Å². The van der Waals surface area contributed by atoms with Gasteiger partial charge in [-0.2, -0.15) is 0 Å². The Morgan fingerprint density at radius 3 is 2.16 bits per heavy atom. The highest BCUT2D eigenvalue weighted by molar-refractivity contribution is 5.25. The first-order valence-electron chi connectivity index (χ1n) is 7.33. The summed E-state index contributed by atoms with van der Waals surface area (Å²) < 4.78 is 13.1. The van der Waals surface area contributed by atoms with Gasteiger partial charge in [0, 0.05) is 6.54 Å². The largest absolute Gasteiger partial charge is 0.320 e. The number of hydrogen-bond acceptors (Lipinski definition) is 2. The van der Waals surface area contributed by atoms with Gasteiger partial charge >= 0.3 is 0 Å². The van der Waals surface area contributed by atoms with Crippen LogP contribution in [-0.2, 0) is 5.54 Å². The Kier molecular flexibility index (Phi) is 6.46. The number of unbranched alkanes of at least 4 members (excludes halogenated alkanes) is 1. The molecule has 0 aliphatic carbocycles. The summed E-state index contributed by atoms with van der Waals surface area (Å²) in [7, 11) is 0. The quantitative estimate of drug-likeness (QED) is 0.780. The lowest BCUT2D eigenvalue weighted by molar-refractivity contribution is 0.213. The van der Waals surface area contributed by atoms with E-state index in [1.807, 2.05) is 12.1 Å². The molecule has 0 fully saturated rings. The Balaban J connectivity index is 2.93. The summed E-state index contributed by atoms with van der Waals surface area (Å²) in [4.78, 5) is 2.33. The second-order valence-electron chi connectivity index (χ2n) is 5.23. The van der Waals surface area contributed by atoms with E-state index in [-0.39, 0.29) is 11.4 Å². The number of rotatable bonds is 8. The molecule has 0 aliphatic rings. The minimum absolute atomic E-state index is 0.204. The molecule has 19 heavy (non-hydrogen) atoms. The van der Waals surface area contributed by atoms with Crippen molar-refractivity contribution in [1.82, 2.24) is 4.90 Å². The van der Waals surface area contributed by atoms with Crippen molar-refractivity contribution in [2.75, 3.05) is 19.6 Å². The Labute approximate surface area is 116 Å². The molecule has 2 N–H and O–H groups in total. The SMILES string of the molecule is CCCCC(N)(CN(CC)CC)c1ccc(F)cc1. The zero-order valence-electron chi connectivity index (χ0n) is 12.5. The number of nitrogens with two attached hydrogens (primary N) is 1. The fourth-order valence-electron chi connectivity index (χ4n) is 2.43. The van der Waals surface area contributed by atoms with E-state index in [4.69, 9.17) is 5.73 Å². The molecule has 1 unspecified atom stereocenters. The maximum absolute atomic E-state index is 13.1. The normalized spacial score (nSPS) is 14.6. The van der Waals surface area contributed by atoms with Gasteiger partial charge in [0.15, 0.2) is 0 Å². The third-order valence-electron chi connectivity index (χ3n) is 3.80. The van der Waals surface area contributed by atoms with Crippen LogP contribution in [0.3, 0.4) is 0 Å². The molecule has 0 aliphatic heterocycles. The van der Waals surface area contributed by atoms with Gasteiger partial charge in [-0.15, -0.1) is 0 Å². The monoisotopic (exact) mass is 266 g/mol. The number of hydrogen-bond donors (Lipinski definition) is 1. The highest BCUT2D eigenvalue weighted by Gasteiger charge is 2.28. The Bertz CT molecular complexity index is 360. The summed E-state index contributed by atoms with van der Waals surface area (Å²) in [6.45, 7) is 9.27. The van der Waals surface area contributed by atoms with Crippen LogP contribution in [-0.4, -0.2) is 24.5 Å². The molecule has 0 saturated carbocycles. The van der Waals surface area contributed by atoms with Gasteiger partial charge in [0.2, 0.25) is 0 Å². The van der Waals surface area contributed by atoms with Crippen molar-refractivity contribution in [3.05, 3.63) is 35.6 Å². The molecule has 1 atom stereocenters. The molecule has 0 saturated heterocycles. The van der Waals surface area contributed by atoms with E-state index in [9.17, 15) is 4.39 Å². The van der Waals surface area contributed by atoms with E-state index in [1.165, 1.54) is 12.1 Å². The van der Waals surface area contributed by atoms with Crippen molar-refractivity contribution in [3.63, 3.8) is 0 Å². The third-order valence-corrected chi connectivity index (χ3v) is 3.80. The summed E-state index contributed by atoms with van der Waals surface area (Å²) in [5, 5.41) is 0. The van der Waals surface area contributed by atoms with Gasteiger partial charge in [0.1, 0.15) is 5.82 Å². The molecule has 1 rings (SSSR count). The van der Waals surface area contributed by atoms with Gasteiger partial charge < -0.3 is 10.6 Å². The fraction of sp³-hybridized carbons (Fsp3) is 0.625. The molecule has 0 radical (unpaired) electrons. The number of halogens is 1. The van der Waals surface area contributed by atoms with Crippen LogP contribution in [0.25, 0.3) is 0 Å². The van der Waals surface area contributed by atoms with Crippen molar-refractivity contribution in [2.24, 2.45) is 5.73 Å². The molecule has 3 heteroatoms. The van der Waals surface area contributed by atoms with Crippen molar-refractivity contribution in [1.29, 1.82) is 0 Å². The number of benzene rings is 1. The van der Waals surface area contributed by atoms with E-state index < -0.39 is 0 Å². The van der Waals surface area contributed by atoms with Crippen LogP contribution in [0.4, 0.5) is 4.39 Å². The average molecular weight is 266 g/mol. The van der Waals surface area contributed by atoms with Gasteiger partial charge in [-0.3, -0.25) is 0 Å². The third kappa shape index (κ3) is 4.59. The molecule has 0 bridgehead atoms. The summed E-state index contributed by atoms with van der Waals surface area (Å²) in [5.74, 6) is -0.204. The maximum Gasteiger partial charge on any atom is 0.123 e. The lowest BCUT2D eigenvalue weighted by Gasteiger charge is -2.35. The van der Waals surface area contributed by atoms with Gasteiger partial charge in [-0.05, 0) is 37.2 Å². The van der Waals surface area contributed by atoms with E-state index in [1.54, 1.807) is 0 Å². The van der Waals surface area contributed by atoms with Crippen LogP contribution in [0.5, 0.6) is 0 Å². The molecule has 0 amide bonds. The topological polar surface area (TPSA) is 29.3 Å². The van der Waals surface area contributed by atoms with Gasteiger partial charge in [-0.1, -0.05) is 45.7 Å². The van der Waals surface area contributed by atoms with E-state index in [2.05, 4.69) is 25.7 Å². The van der Waals surface area contributed by atoms with E-state index in [0.717, 1.165) is 44.5 Å². The molecule has 0 spiro atoms. The molecule has 0 aromatic heterocycles. The van der Waals surface area contributed by atoms with E-state index in [0.29, 0.717) is 0 Å². The smallest absolute Gasteiger partial charge is 0.123 e. The zero-order valence-corrected chi connectivity index (χ0v) is 12.5. The second-order valence-corrected chi connectivity index (χ2v) is 5.23. The van der Waals surface area contributed by atoms with Crippen molar-refractivity contribution in [3.8, 4) is 0 Å². The summed E-state index contributed by atoms with van der Waals surface area (Å²) in [6, 6.07) is 6.67. The van der Waals surface area contributed by atoms with Crippen molar-refractivity contribution in [2.45, 2.75) is 45.6 Å². The summed E-state index contributed by atoms with van der Waals surface area (Å²) in [5.41, 5.74) is 7.30. The Hall–Kier alpha value is -0.930. The molecule has 0 heterocycles.